The van der Waals surface area contributed by atoms with Gasteiger partial charge in [0.05, 0.1) is 7.11 Å². The molecule has 0 bridgehead atoms. The number of hydrogen-bond donors (Lipinski definition) is 1. The molecule has 0 aliphatic heterocycles. The van der Waals surface area contributed by atoms with E-state index < -0.39 is 5.82 Å². The molecule has 0 atom stereocenters. The summed E-state index contributed by atoms with van der Waals surface area (Å²) < 4.78 is 18.4. The van der Waals surface area contributed by atoms with E-state index in [0.717, 1.165) is 12.8 Å². The van der Waals surface area contributed by atoms with E-state index in [0.29, 0.717) is 18.5 Å². The lowest BCUT2D eigenvalue weighted by Gasteiger charge is -2.23. The smallest absolute Gasteiger partial charge is 0.165 e. The van der Waals surface area contributed by atoms with Gasteiger partial charge in [-0.2, -0.15) is 0 Å². The van der Waals surface area contributed by atoms with Crippen molar-refractivity contribution in [2.75, 3.05) is 13.7 Å². The molecule has 0 fully saturated rings. The lowest BCUT2D eigenvalue weighted by Crippen LogP contribution is -2.18. The lowest BCUT2D eigenvalue weighted by molar-refractivity contribution is -0.119. The highest BCUT2D eigenvalue weighted by molar-refractivity contribution is 5.80. The standard InChI is InChI=1S/C16H24FNO2/c1-16(2,8-9-18)7-6-13(19)10-12-4-5-15(20-3)14(17)11-12/h4-5,11H,6-10,18H2,1-3H3. The van der Waals surface area contributed by atoms with E-state index in [-0.39, 0.29) is 23.4 Å². The molecule has 4 heteroatoms. The van der Waals surface area contributed by atoms with Crippen LogP contribution >= 0.6 is 0 Å². The molecular weight excluding hydrogens is 257 g/mol. The molecule has 0 spiro atoms. The molecular formula is C16H24FNO2. The number of nitrogens with two attached hydrogens (primary N) is 1. The predicted molar refractivity (Wildman–Crippen MR) is 78.3 cm³/mol. The molecule has 0 heterocycles. The molecule has 0 aliphatic rings. The number of rotatable bonds is 8. The van der Waals surface area contributed by atoms with E-state index in [9.17, 15) is 9.18 Å². The molecule has 1 rings (SSSR count). The fourth-order valence-electron chi connectivity index (χ4n) is 2.13. The summed E-state index contributed by atoms with van der Waals surface area (Å²) in [6.07, 6.45) is 2.47. The number of carbonyl (C=O) groups excluding carboxylic acids is 1. The normalized spacial score (nSPS) is 11.4. The fourth-order valence-corrected chi connectivity index (χ4v) is 2.13. The summed E-state index contributed by atoms with van der Waals surface area (Å²) in [5.74, 6) is -0.105. The minimum Gasteiger partial charge on any atom is -0.494 e. The maximum atomic E-state index is 13.5. The van der Waals surface area contributed by atoms with Crippen molar-refractivity contribution in [3.63, 3.8) is 0 Å². The minimum absolute atomic E-state index is 0.0789. The number of carbonyl (C=O) groups is 1. The summed E-state index contributed by atoms with van der Waals surface area (Å²) in [6, 6.07) is 4.64. The summed E-state index contributed by atoms with van der Waals surface area (Å²) in [6.45, 7) is 4.85. The molecule has 112 valence electrons. The van der Waals surface area contributed by atoms with Crippen LogP contribution in [-0.4, -0.2) is 19.4 Å². The fraction of sp³-hybridized carbons (Fsp3) is 0.562. The first-order chi connectivity index (χ1) is 9.38. The highest BCUT2D eigenvalue weighted by atomic mass is 19.1. The molecule has 1 aromatic rings. The Morgan fingerprint density at radius 1 is 1.35 bits per heavy atom. The first kappa shape index (κ1) is 16.6. The number of ether oxygens (including phenoxy) is 1. The zero-order chi connectivity index (χ0) is 15.2. The van der Waals surface area contributed by atoms with E-state index in [2.05, 4.69) is 13.8 Å². The Morgan fingerprint density at radius 2 is 2.05 bits per heavy atom. The van der Waals surface area contributed by atoms with Crippen molar-refractivity contribution >= 4 is 5.78 Å². The number of methoxy groups -OCH3 is 1. The summed E-state index contributed by atoms with van der Waals surface area (Å²) in [4.78, 5) is 11.9. The van der Waals surface area contributed by atoms with Gasteiger partial charge in [0.2, 0.25) is 0 Å². The molecule has 0 aromatic heterocycles. The topological polar surface area (TPSA) is 52.3 Å². The SMILES string of the molecule is COc1ccc(CC(=O)CCC(C)(C)CCN)cc1F. The second-order valence-electron chi connectivity index (χ2n) is 5.89. The van der Waals surface area contributed by atoms with Gasteiger partial charge >= 0.3 is 0 Å². The molecule has 0 amide bonds. The van der Waals surface area contributed by atoms with Crippen LogP contribution in [0.2, 0.25) is 0 Å². The molecule has 0 radical (unpaired) electrons. The lowest BCUT2D eigenvalue weighted by atomic mass is 9.83. The highest BCUT2D eigenvalue weighted by Crippen LogP contribution is 2.26. The quantitative estimate of drug-likeness (QED) is 0.796. The van der Waals surface area contributed by atoms with Gasteiger partial charge < -0.3 is 10.5 Å². The van der Waals surface area contributed by atoms with E-state index >= 15 is 0 Å². The molecule has 0 aliphatic carbocycles. The second kappa shape index (κ2) is 7.39. The van der Waals surface area contributed by atoms with Crippen molar-refractivity contribution in [1.29, 1.82) is 0 Å². The van der Waals surface area contributed by atoms with Crippen molar-refractivity contribution in [3.05, 3.63) is 29.6 Å². The first-order valence-electron chi connectivity index (χ1n) is 6.92. The van der Waals surface area contributed by atoms with Gasteiger partial charge in [-0.15, -0.1) is 0 Å². The third-order valence-corrected chi connectivity index (χ3v) is 3.52. The number of halogens is 1. The molecule has 2 N–H and O–H groups in total. The highest BCUT2D eigenvalue weighted by Gasteiger charge is 2.18. The Kier molecular flexibility index (Phi) is 6.14. The summed E-state index contributed by atoms with van der Waals surface area (Å²) in [5, 5.41) is 0. The Bertz CT molecular complexity index is 458. The maximum Gasteiger partial charge on any atom is 0.165 e. The van der Waals surface area contributed by atoms with E-state index in [1.54, 1.807) is 12.1 Å². The van der Waals surface area contributed by atoms with Crippen LogP contribution in [0.5, 0.6) is 5.75 Å². The average Bonchev–Trinajstić information content (AvgIpc) is 2.37. The molecule has 0 saturated carbocycles. The van der Waals surface area contributed by atoms with Gasteiger partial charge in [0.1, 0.15) is 5.78 Å². The third kappa shape index (κ3) is 5.29. The predicted octanol–water partition coefficient (Wildman–Crippen LogP) is 3.10. The van der Waals surface area contributed by atoms with Crippen LogP contribution in [0.1, 0.15) is 38.7 Å². The molecule has 3 nitrogen and oxygen atoms in total. The number of hydrogen-bond acceptors (Lipinski definition) is 3. The van der Waals surface area contributed by atoms with Crippen LogP contribution in [0.15, 0.2) is 18.2 Å². The number of Topliss-reactive ketones (excluding diaryl/α,β-unsaturated/α-hetero) is 1. The van der Waals surface area contributed by atoms with Crippen LogP contribution < -0.4 is 10.5 Å². The van der Waals surface area contributed by atoms with Crippen LogP contribution in [0.25, 0.3) is 0 Å². The van der Waals surface area contributed by atoms with Crippen molar-refractivity contribution in [3.8, 4) is 5.75 Å². The third-order valence-electron chi connectivity index (χ3n) is 3.52. The minimum atomic E-state index is -0.429. The molecule has 20 heavy (non-hydrogen) atoms. The van der Waals surface area contributed by atoms with Gasteiger partial charge in [-0.25, -0.2) is 4.39 Å². The maximum absolute atomic E-state index is 13.5. The van der Waals surface area contributed by atoms with E-state index in [4.69, 9.17) is 10.5 Å². The Labute approximate surface area is 120 Å². The summed E-state index contributed by atoms with van der Waals surface area (Å²) >= 11 is 0. The molecule has 1 aromatic carbocycles. The van der Waals surface area contributed by atoms with Gasteiger partial charge in [-0.1, -0.05) is 19.9 Å². The Morgan fingerprint density at radius 3 is 2.60 bits per heavy atom. The Hall–Kier alpha value is -1.42. The van der Waals surface area contributed by atoms with Crippen molar-refractivity contribution in [2.45, 2.75) is 39.5 Å². The largest absolute Gasteiger partial charge is 0.494 e. The zero-order valence-corrected chi connectivity index (χ0v) is 12.5. The van der Waals surface area contributed by atoms with Crippen LogP contribution in [0.4, 0.5) is 4.39 Å². The van der Waals surface area contributed by atoms with Gasteiger partial charge in [0, 0.05) is 12.8 Å². The first-order valence-corrected chi connectivity index (χ1v) is 6.92. The van der Waals surface area contributed by atoms with Crippen molar-refractivity contribution in [2.24, 2.45) is 11.1 Å². The zero-order valence-electron chi connectivity index (χ0n) is 12.5. The van der Waals surface area contributed by atoms with Gasteiger partial charge in [-0.3, -0.25) is 4.79 Å². The Balaban J connectivity index is 2.52. The van der Waals surface area contributed by atoms with E-state index in [1.807, 2.05) is 0 Å². The monoisotopic (exact) mass is 281 g/mol. The number of ketones is 1. The van der Waals surface area contributed by atoms with Gasteiger partial charge in [0.25, 0.3) is 0 Å². The molecule has 0 saturated heterocycles. The van der Waals surface area contributed by atoms with Crippen LogP contribution in [0.3, 0.4) is 0 Å². The molecule has 0 unspecified atom stereocenters. The van der Waals surface area contributed by atoms with Crippen molar-refractivity contribution in [1.82, 2.24) is 0 Å². The van der Waals surface area contributed by atoms with Crippen LogP contribution in [0, 0.1) is 11.2 Å². The summed E-state index contributed by atoms with van der Waals surface area (Å²) in [5.41, 5.74) is 6.31. The second-order valence-corrected chi connectivity index (χ2v) is 5.89. The van der Waals surface area contributed by atoms with E-state index in [1.165, 1.54) is 13.2 Å². The van der Waals surface area contributed by atoms with Gasteiger partial charge in [0.15, 0.2) is 11.6 Å². The van der Waals surface area contributed by atoms with Crippen molar-refractivity contribution < 1.29 is 13.9 Å². The average molecular weight is 281 g/mol. The van der Waals surface area contributed by atoms with Crippen LogP contribution in [-0.2, 0) is 11.2 Å². The summed E-state index contributed by atoms with van der Waals surface area (Å²) in [7, 11) is 1.42. The number of benzene rings is 1. The van der Waals surface area contributed by atoms with Gasteiger partial charge in [-0.05, 0) is 42.5 Å².